The average molecular weight is 256 g/mol. The fourth-order valence-corrected chi connectivity index (χ4v) is 1.98. The number of aliphatic hydroxyl groups excluding tert-OH is 1. The van der Waals surface area contributed by atoms with Crippen LogP contribution in [0.2, 0.25) is 0 Å². The van der Waals surface area contributed by atoms with E-state index in [1.165, 1.54) is 0 Å². The molecule has 5 heteroatoms. The van der Waals surface area contributed by atoms with Gasteiger partial charge in [0, 0.05) is 25.6 Å². The number of likely N-dealkylation sites (tertiary alicyclic amines) is 1. The lowest BCUT2D eigenvalue weighted by molar-refractivity contribution is -0.135. The van der Waals surface area contributed by atoms with Gasteiger partial charge in [0.2, 0.25) is 11.8 Å². The van der Waals surface area contributed by atoms with Crippen molar-refractivity contribution >= 4 is 11.8 Å². The molecule has 18 heavy (non-hydrogen) atoms. The molecule has 5 nitrogen and oxygen atoms in total. The van der Waals surface area contributed by atoms with Gasteiger partial charge in [-0.25, -0.2) is 0 Å². The number of nitrogens with zero attached hydrogens (tertiary/aromatic N) is 1. The second kappa shape index (κ2) is 7.36. The number of carbonyl (C=O) groups excluding carboxylic acids is 2. The van der Waals surface area contributed by atoms with Crippen molar-refractivity contribution in [3.63, 3.8) is 0 Å². The third kappa shape index (κ3) is 4.64. The van der Waals surface area contributed by atoms with Crippen LogP contribution >= 0.6 is 0 Å². The van der Waals surface area contributed by atoms with E-state index in [1.807, 2.05) is 13.8 Å². The first kappa shape index (κ1) is 15.0. The highest BCUT2D eigenvalue weighted by molar-refractivity contribution is 5.85. The molecule has 0 aromatic heterocycles. The Kier molecular flexibility index (Phi) is 6.12. The summed E-state index contributed by atoms with van der Waals surface area (Å²) < 4.78 is 0. The molecule has 1 saturated heterocycles. The van der Waals surface area contributed by atoms with Crippen LogP contribution in [-0.4, -0.2) is 47.6 Å². The highest BCUT2D eigenvalue weighted by atomic mass is 16.3. The molecule has 104 valence electrons. The fraction of sp³-hybridized carbons (Fsp3) is 0.846. The van der Waals surface area contributed by atoms with Gasteiger partial charge in [0.25, 0.3) is 0 Å². The molecule has 1 heterocycles. The van der Waals surface area contributed by atoms with Gasteiger partial charge in [0.15, 0.2) is 0 Å². The van der Waals surface area contributed by atoms with Crippen LogP contribution in [-0.2, 0) is 9.59 Å². The van der Waals surface area contributed by atoms with Crippen molar-refractivity contribution in [2.45, 2.75) is 45.6 Å². The molecule has 1 aliphatic heterocycles. The summed E-state index contributed by atoms with van der Waals surface area (Å²) in [6.45, 7) is 4.60. The molecule has 0 aliphatic carbocycles. The van der Waals surface area contributed by atoms with Crippen LogP contribution in [0.5, 0.6) is 0 Å². The van der Waals surface area contributed by atoms with Gasteiger partial charge in [-0.1, -0.05) is 13.3 Å². The van der Waals surface area contributed by atoms with Crippen molar-refractivity contribution < 1.29 is 14.7 Å². The van der Waals surface area contributed by atoms with Crippen molar-refractivity contribution in [2.75, 3.05) is 19.7 Å². The molecule has 2 N–H and O–H groups in total. The molecule has 1 aliphatic rings. The monoisotopic (exact) mass is 256 g/mol. The Morgan fingerprint density at radius 2 is 2.11 bits per heavy atom. The summed E-state index contributed by atoms with van der Waals surface area (Å²) in [6.07, 6.45) is 3.51. The Balaban J connectivity index is 2.40. The van der Waals surface area contributed by atoms with Crippen LogP contribution in [0.1, 0.15) is 39.5 Å². The van der Waals surface area contributed by atoms with Crippen LogP contribution < -0.4 is 5.32 Å². The lowest BCUT2D eigenvalue weighted by atomic mass is 10.1. The first-order valence-corrected chi connectivity index (χ1v) is 6.72. The summed E-state index contributed by atoms with van der Waals surface area (Å²) in [5.41, 5.74) is 0. The number of carbonyl (C=O) groups is 2. The second-order valence-corrected chi connectivity index (χ2v) is 5.14. The minimum Gasteiger partial charge on any atom is -0.396 e. The number of aliphatic hydroxyl groups is 1. The highest BCUT2D eigenvalue weighted by Crippen LogP contribution is 2.10. The zero-order valence-corrected chi connectivity index (χ0v) is 11.3. The summed E-state index contributed by atoms with van der Waals surface area (Å²) in [6, 6.07) is -0.0791. The lowest BCUT2D eigenvalue weighted by Gasteiger charge is -2.23. The fourth-order valence-electron chi connectivity index (χ4n) is 1.98. The Morgan fingerprint density at radius 3 is 2.78 bits per heavy atom. The van der Waals surface area contributed by atoms with Crippen molar-refractivity contribution in [3.8, 4) is 0 Å². The van der Waals surface area contributed by atoms with Crippen molar-refractivity contribution in [1.82, 2.24) is 10.2 Å². The summed E-state index contributed by atoms with van der Waals surface area (Å²) in [5.74, 6) is -0.0441. The normalized spacial score (nSPS) is 20.2. The van der Waals surface area contributed by atoms with Gasteiger partial charge in [0.1, 0.15) is 0 Å². The smallest absolute Gasteiger partial charge is 0.239 e. The van der Waals surface area contributed by atoms with Crippen LogP contribution in [0.25, 0.3) is 0 Å². The molecule has 1 rings (SSSR count). The lowest BCUT2D eigenvalue weighted by Crippen LogP contribution is -2.45. The molecule has 2 amide bonds. The Labute approximate surface area is 109 Å². The first-order valence-electron chi connectivity index (χ1n) is 6.72. The average Bonchev–Trinajstić information content (AvgIpc) is 2.53. The van der Waals surface area contributed by atoms with E-state index < -0.39 is 0 Å². The van der Waals surface area contributed by atoms with E-state index >= 15 is 0 Å². The molecule has 0 radical (unpaired) electrons. The first-order chi connectivity index (χ1) is 8.54. The molecule has 0 bridgehead atoms. The predicted molar refractivity (Wildman–Crippen MR) is 68.9 cm³/mol. The van der Waals surface area contributed by atoms with Crippen LogP contribution in [0.4, 0.5) is 0 Å². The number of amides is 2. The maximum Gasteiger partial charge on any atom is 0.239 e. The van der Waals surface area contributed by atoms with Gasteiger partial charge >= 0.3 is 0 Å². The Hall–Kier alpha value is -1.10. The van der Waals surface area contributed by atoms with E-state index in [4.69, 9.17) is 5.11 Å². The maximum absolute atomic E-state index is 11.8. The number of rotatable bonds is 5. The third-order valence-electron chi connectivity index (χ3n) is 3.54. The largest absolute Gasteiger partial charge is 0.396 e. The van der Waals surface area contributed by atoms with Crippen LogP contribution in [0, 0.1) is 5.92 Å². The van der Waals surface area contributed by atoms with Crippen molar-refractivity contribution in [2.24, 2.45) is 5.92 Å². The quantitative estimate of drug-likeness (QED) is 0.753. The highest BCUT2D eigenvalue weighted by Gasteiger charge is 2.21. The van der Waals surface area contributed by atoms with Crippen LogP contribution in [0.3, 0.4) is 0 Å². The zero-order chi connectivity index (χ0) is 13.5. The van der Waals surface area contributed by atoms with Gasteiger partial charge in [-0.05, 0) is 25.7 Å². The second-order valence-electron chi connectivity index (χ2n) is 5.14. The molecular weight excluding hydrogens is 232 g/mol. The minimum absolute atomic E-state index is 0.0220. The topological polar surface area (TPSA) is 69.6 Å². The standard InChI is InChI=1S/C13H24N2O3/c1-10(9-16)11(2)14-12(17)8-15-7-5-3-4-6-13(15)18/h10-11,16H,3-9H2,1-2H3,(H,14,17). The molecule has 0 saturated carbocycles. The van der Waals surface area contributed by atoms with E-state index in [1.54, 1.807) is 4.90 Å². The van der Waals surface area contributed by atoms with Crippen molar-refractivity contribution in [3.05, 3.63) is 0 Å². The minimum atomic E-state index is -0.141. The SMILES string of the molecule is CC(CO)C(C)NC(=O)CN1CCCCCC1=O. The number of nitrogens with one attached hydrogen (secondary N) is 1. The van der Waals surface area contributed by atoms with Gasteiger partial charge in [-0.3, -0.25) is 9.59 Å². The summed E-state index contributed by atoms with van der Waals surface area (Å²) in [4.78, 5) is 25.2. The molecule has 2 unspecified atom stereocenters. The number of hydrogen-bond acceptors (Lipinski definition) is 3. The molecule has 1 fully saturated rings. The molecular formula is C13H24N2O3. The molecule has 0 spiro atoms. The summed E-state index contributed by atoms with van der Waals surface area (Å²) in [7, 11) is 0. The van der Waals surface area contributed by atoms with Gasteiger partial charge in [-0.15, -0.1) is 0 Å². The summed E-state index contributed by atoms with van der Waals surface area (Å²) >= 11 is 0. The van der Waals surface area contributed by atoms with E-state index in [-0.39, 0.29) is 36.9 Å². The van der Waals surface area contributed by atoms with Gasteiger partial charge < -0.3 is 15.3 Å². The third-order valence-corrected chi connectivity index (χ3v) is 3.54. The Morgan fingerprint density at radius 1 is 1.39 bits per heavy atom. The molecule has 2 atom stereocenters. The maximum atomic E-state index is 11.8. The summed E-state index contributed by atoms with van der Waals surface area (Å²) in [5, 5.41) is 11.8. The van der Waals surface area contributed by atoms with Gasteiger partial charge in [-0.2, -0.15) is 0 Å². The van der Waals surface area contributed by atoms with Crippen LogP contribution in [0.15, 0.2) is 0 Å². The predicted octanol–water partition coefficient (Wildman–Crippen LogP) is 0.522. The zero-order valence-electron chi connectivity index (χ0n) is 11.3. The Bertz CT molecular complexity index is 294. The van der Waals surface area contributed by atoms with E-state index in [0.29, 0.717) is 13.0 Å². The van der Waals surface area contributed by atoms with Crippen molar-refractivity contribution in [1.29, 1.82) is 0 Å². The van der Waals surface area contributed by atoms with E-state index in [9.17, 15) is 9.59 Å². The van der Waals surface area contributed by atoms with E-state index in [0.717, 1.165) is 19.3 Å². The number of hydrogen-bond donors (Lipinski definition) is 2. The van der Waals surface area contributed by atoms with E-state index in [2.05, 4.69) is 5.32 Å². The molecule has 0 aromatic carbocycles. The van der Waals surface area contributed by atoms with Gasteiger partial charge in [0.05, 0.1) is 6.54 Å². The molecule has 0 aromatic rings.